The van der Waals surface area contributed by atoms with E-state index in [0.29, 0.717) is 24.7 Å². The molecule has 4 nitrogen and oxygen atoms in total. The summed E-state index contributed by atoms with van der Waals surface area (Å²) in [5.41, 5.74) is 6.39. The Morgan fingerprint density at radius 2 is 2.00 bits per heavy atom. The molecule has 0 aliphatic heterocycles. The molecule has 1 rings (SSSR count). The van der Waals surface area contributed by atoms with Crippen LogP contribution in [-0.2, 0) is 0 Å². The Hall–Kier alpha value is -1.42. The van der Waals surface area contributed by atoms with Crippen LogP contribution < -0.4 is 15.2 Å². The summed E-state index contributed by atoms with van der Waals surface area (Å²) in [6.45, 7) is 3.40. The van der Waals surface area contributed by atoms with Crippen LogP contribution in [0.1, 0.15) is 26.2 Å². The van der Waals surface area contributed by atoms with E-state index in [9.17, 15) is 0 Å². The van der Waals surface area contributed by atoms with E-state index in [1.807, 2.05) is 19.1 Å². The van der Waals surface area contributed by atoms with E-state index in [4.69, 9.17) is 20.3 Å². The highest BCUT2D eigenvalue weighted by molar-refractivity contribution is 5.55. The van der Waals surface area contributed by atoms with Gasteiger partial charge < -0.3 is 20.3 Å². The fraction of sp³-hybridized carbons (Fsp3) is 0.538. The Balaban J connectivity index is 2.40. The van der Waals surface area contributed by atoms with E-state index in [1.54, 1.807) is 6.07 Å². The Bertz CT molecular complexity index is 328. The van der Waals surface area contributed by atoms with Gasteiger partial charge in [0.15, 0.2) is 0 Å². The van der Waals surface area contributed by atoms with E-state index in [1.165, 1.54) is 0 Å². The number of hydrogen-bond donors (Lipinski definition) is 2. The molecule has 0 bridgehead atoms. The van der Waals surface area contributed by atoms with Gasteiger partial charge in [-0.15, -0.1) is 0 Å². The van der Waals surface area contributed by atoms with Gasteiger partial charge in [-0.2, -0.15) is 0 Å². The van der Waals surface area contributed by atoms with E-state index < -0.39 is 0 Å². The smallest absolute Gasteiger partial charge is 0.145 e. The summed E-state index contributed by atoms with van der Waals surface area (Å²) >= 11 is 0. The van der Waals surface area contributed by atoms with Crippen LogP contribution >= 0.6 is 0 Å². The number of unbranched alkanes of at least 4 members (excludes halogenated alkanes) is 2. The van der Waals surface area contributed by atoms with Gasteiger partial charge in [0.25, 0.3) is 0 Å². The first-order chi connectivity index (χ1) is 8.27. The minimum absolute atomic E-state index is 0.246. The van der Waals surface area contributed by atoms with Crippen LogP contribution in [-0.4, -0.2) is 24.9 Å². The van der Waals surface area contributed by atoms with Gasteiger partial charge in [-0.3, -0.25) is 0 Å². The van der Waals surface area contributed by atoms with Crippen molar-refractivity contribution in [2.24, 2.45) is 0 Å². The van der Waals surface area contributed by atoms with E-state index in [0.717, 1.165) is 25.0 Å². The number of rotatable bonds is 8. The third-order valence-electron chi connectivity index (χ3n) is 2.36. The zero-order valence-electron chi connectivity index (χ0n) is 10.3. The third kappa shape index (κ3) is 4.95. The predicted octanol–water partition coefficient (Wildman–Crippen LogP) is 2.21. The van der Waals surface area contributed by atoms with Gasteiger partial charge in [0, 0.05) is 12.7 Å². The summed E-state index contributed by atoms with van der Waals surface area (Å²) in [5.74, 6) is 1.44. The lowest BCUT2D eigenvalue weighted by atomic mass is 10.2. The minimum atomic E-state index is 0.246. The molecule has 0 radical (unpaired) electrons. The monoisotopic (exact) mass is 239 g/mol. The zero-order chi connectivity index (χ0) is 12.5. The van der Waals surface area contributed by atoms with Crippen LogP contribution in [0.2, 0.25) is 0 Å². The number of ether oxygens (including phenoxy) is 2. The first kappa shape index (κ1) is 13.6. The summed E-state index contributed by atoms with van der Waals surface area (Å²) in [7, 11) is 0. The number of nitrogen functional groups attached to an aromatic ring is 1. The molecule has 96 valence electrons. The normalized spacial score (nSPS) is 10.2. The lowest BCUT2D eigenvalue weighted by Crippen LogP contribution is -2.00. The molecule has 0 saturated heterocycles. The van der Waals surface area contributed by atoms with Crippen molar-refractivity contribution in [1.82, 2.24) is 0 Å². The summed E-state index contributed by atoms with van der Waals surface area (Å²) in [5, 5.41) is 8.64. The molecule has 0 aliphatic rings. The largest absolute Gasteiger partial charge is 0.493 e. The highest BCUT2D eigenvalue weighted by Gasteiger charge is 2.02. The molecule has 0 atom stereocenters. The average molecular weight is 239 g/mol. The van der Waals surface area contributed by atoms with E-state index in [-0.39, 0.29) is 6.61 Å². The van der Waals surface area contributed by atoms with Gasteiger partial charge in [0.2, 0.25) is 0 Å². The van der Waals surface area contributed by atoms with Crippen molar-refractivity contribution in [2.75, 3.05) is 25.6 Å². The van der Waals surface area contributed by atoms with Gasteiger partial charge in [0.05, 0.1) is 18.9 Å². The zero-order valence-corrected chi connectivity index (χ0v) is 10.3. The van der Waals surface area contributed by atoms with Crippen molar-refractivity contribution in [3.05, 3.63) is 18.2 Å². The van der Waals surface area contributed by atoms with Crippen molar-refractivity contribution in [2.45, 2.75) is 26.2 Å². The van der Waals surface area contributed by atoms with Crippen LogP contribution in [0.5, 0.6) is 11.5 Å². The molecule has 0 aromatic heterocycles. The number of hydrogen-bond acceptors (Lipinski definition) is 4. The second kappa shape index (κ2) is 7.79. The van der Waals surface area contributed by atoms with Gasteiger partial charge >= 0.3 is 0 Å². The highest BCUT2D eigenvalue weighted by atomic mass is 16.5. The molecule has 17 heavy (non-hydrogen) atoms. The number of aliphatic hydroxyl groups excluding tert-OH is 1. The van der Waals surface area contributed by atoms with Crippen molar-refractivity contribution >= 4 is 5.69 Å². The Morgan fingerprint density at radius 1 is 1.18 bits per heavy atom. The second-order valence-corrected chi connectivity index (χ2v) is 3.77. The van der Waals surface area contributed by atoms with Gasteiger partial charge in [-0.1, -0.05) is 0 Å². The quantitative estimate of drug-likeness (QED) is 0.539. The summed E-state index contributed by atoms with van der Waals surface area (Å²) < 4.78 is 11.0. The maximum absolute atomic E-state index is 8.64. The Morgan fingerprint density at radius 3 is 2.71 bits per heavy atom. The lowest BCUT2D eigenvalue weighted by molar-refractivity contribution is 0.265. The standard InChI is InChI=1S/C13H21NO3/c1-2-16-13-10-11(6-7-12(13)14)17-9-5-3-4-8-15/h6-7,10,15H,2-5,8-9,14H2,1H3. The molecular weight excluding hydrogens is 218 g/mol. The van der Waals surface area contributed by atoms with Gasteiger partial charge in [-0.05, 0) is 38.3 Å². The SMILES string of the molecule is CCOc1cc(OCCCCCO)ccc1N. The number of anilines is 1. The Kier molecular flexibility index (Phi) is 6.25. The highest BCUT2D eigenvalue weighted by Crippen LogP contribution is 2.26. The fourth-order valence-corrected chi connectivity index (χ4v) is 1.47. The average Bonchev–Trinajstić information content (AvgIpc) is 2.33. The van der Waals surface area contributed by atoms with Crippen molar-refractivity contribution in [3.63, 3.8) is 0 Å². The predicted molar refractivity (Wildman–Crippen MR) is 68.5 cm³/mol. The number of benzene rings is 1. The lowest BCUT2D eigenvalue weighted by Gasteiger charge is -2.10. The summed E-state index contributed by atoms with van der Waals surface area (Å²) in [6.07, 6.45) is 2.74. The topological polar surface area (TPSA) is 64.7 Å². The molecule has 0 aliphatic carbocycles. The van der Waals surface area contributed by atoms with Gasteiger partial charge in [0.1, 0.15) is 11.5 Å². The minimum Gasteiger partial charge on any atom is -0.493 e. The van der Waals surface area contributed by atoms with E-state index in [2.05, 4.69) is 0 Å². The maximum Gasteiger partial charge on any atom is 0.145 e. The molecule has 1 aromatic carbocycles. The van der Waals surface area contributed by atoms with Crippen LogP contribution in [0.25, 0.3) is 0 Å². The number of aliphatic hydroxyl groups is 1. The maximum atomic E-state index is 8.64. The molecule has 1 aromatic rings. The molecule has 0 fully saturated rings. The van der Waals surface area contributed by atoms with Crippen molar-refractivity contribution in [3.8, 4) is 11.5 Å². The van der Waals surface area contributed by atoms with E-state index >= 15 is 0 Å². The van der Waals surface area contributed by atoms with Crippen molar-refractivity contribution < 1.29 is 14.6 Å². The summed E-state index contributed by atoms with van der Waals surface area (Å²) in [6, 6.07) is 5.43. The Labute approximate surface area is 102 Å². The van der Waals surface area contributed by atoms with Crippen LogP contribution in [0.3, 0.4) is 0 Å². The first-order valence-corrected chi connectivity index (χ1v) is 6.04. The molecule has 0 unspecified atom stereocenters. The first-order valence-electron chi connectivity index (χ1n) is 6.04. The van der Waals surface area contributed by atoms with Crippen LogP contribution in [0, 0.1) is 0 Å². The van der Waals surface area contributed by atoms with Crippen LogP contribution in [0.15, 0.2) is 18.2 Å². The molecule has 0 spiro atoms. The third-order valence-corrected chi connectivity index (χ3v) is 2.36. The molecule has 3 N–H and O–H groups in total. The van der Waals surface area contributed by atoms with Crippen LogP contribution in [0.4, 0.5) is 5.69 Å². The molecule has 0 amide bonds. The van der Waals surface area contributed by atoms with Gasteiger partial charge in [-0.25, -0.2) is 0 Å². The second-order valence-electron chi connectivity index (χ2n) is 3.77. The number of nitrogens with two attached hydrogens (primary N) is 1. The molecule has 0 heterocycles. The summed E-state index contributed by atoms with van der Waals surface area (Å²) in [4.78, 5) is 0. The fourth-order valence-electron chi connectivity index (χ4n) is 1.47. The van der Waals surface area contributed by atoms with Crippen molar-refractivity contribution in [1.29, 1.82) is 0 Å². The molecule has 0 saturated carbocycles. The molecule has 4 heteroatoms. The molecular formula is C13H21NO3.